The largest absolute Gasteiger partial charge is 0.464 e. The normalized spacial score (nSPS) is 14.5. The molecule has 0 aliphatic heterocycles. The van der Waals surface area contributed by atoms with Crippen molar-refractivity contribution in [1.29, 1.82) is 0 Å². The Kier molecular flexibility index (Phi) is 10.9. The predicted octanol–water partition coefficient (Wildman–Crippen LogP) is 3.32. The topological polar surface area (TPSA) is 130 Å². The summed E-state index contributed by atoms with van der Waals surface area (Å²) >= 11 is 0. The zero-order valence-electron chi connectivity index (χ0n) is 21.8. The third kappa shape index (κ3) is 9.41. The highest BCUT2D eigenvalue weighted by atomic mass is 16.6. The van der Waals surface area contributed by atoms with Crippen LogP contribution >= 0.6 is 0 Å². The highest BCUT2D eigenvalue weighted by Crippen LogP contribution is 2.43. The summed E-state index contributed by atoms with van der Waals surface area (Å²) in [4.78, 5) is 51.5. The first kappa shape index (κ1) is 29.6. The average Bonchev–Trinajstić information content (AvgIpc) is 3.64. The number of nitrogens with one attached hydrogen (secondary N) is 1. The van der Waals surface area contributed by atoms with Crippen LogP contribution in [0.3, 0.4) is 0 Å². The van der Waals surface area contributed by atoms with Crippen molar-refractivity contribution >= 4 is 24.1 Å². The van der Waals surface area contributed by atoms with Gasteiger partial charge in [-0.3, -0.25) is 4.90 Å². The molecule has 1 fully saturated rings. The maximum Gasteiger partial charge on any atom is 0.412 e. The summed E-state index contributed by atoms with van der Waals surface area (Å²) in [7, 11) is 0. The lowest BCUT2D eigenvalue weighted by atomic mass is 10.2. The van der Waals surface area contributed by atoms with Gasteiger partial charge in [0.15, 0.2) is 6.04 Å². The first-order valence-electron chi connectivity index (χ1n) is 12.0. The highest BCUT2D eigenvalue weighted by molar-refractivity contribution is 5.89. The van der Waals surface area contributed by atoms with E-state index in [0.29, 0.717) is 12.8 Å². The summed E-state index contributed by atoms with van der Waals surface area (Å²) in [6, 6.07) is 7.79. The van der Waals surface area contributed by atoms with E-state index in [1.165, 1.54) is 6.08 Å². The van der Waals surface area contributed by atoms with Crippen LogP contribution in [0.5, 0.6) is 0 Å². The summed E-state index contributed by atoms with van der Waals surface area (Å²) in [6.45, 7) is 9.55. The number of nitrogens with zero attached hydrogens (tertiary/aromatic N) is 1. The zero-order valence-corrected chi connectivity index (χ0v) is 21.8. The third-order valence-corrected chi connectivity index (χ3v) is 5.14. The molecule has 1 atom stereocenters. The lowest BCUT2D eigenvalue weighted by molar-refractivity contribution is -0.161. The Hall–Kier alpha value is -3.60. The van der Waals surface area contributed by atoms with Gasteiger partial charge in [0.1, 0.15) is 31.1 Å². The van der Waals surface area contributed by atoms with Crippen molar-refractivity contribution in [2.45, 2.75) is 64.3 Å². The van der Waals surface area contributed by atoms with Crippen LogP contribution in [0.15, 0.2) is 43.0 Å². The first-order valence-corrected chi connectivity index (χ1v) is 12.0. The molecule has 0 saturated heterocycles. The van der Waals surface area contributed by atoms with Gasteiger partial charge in [0, 0.05) is 0 Å². The van der Waals surface area contributed by atoms with Crippen LogP contribution in [0.1, 0.15) is 46.1 Å². The fourth-order valence-corrected chi connectivity index (χ4v) is 3.24. The van der Waals surface area contributed by atoms with E-state index < -0.39 is 48.0 Å². The Morgan fingerprint density at radius 2 is 1.78 bits per heavy atom. The molecule has 0 spiro atoms. The molecule has 1 aromatic rings. The van der Waals surface area contributed by atoms with E-state index in [1.54, 1.807) is 39.8 Å². The fraction of sp³-hybridized carbons (Fsp3) is 0.538. The summed E-state index contributed by atoms with van der Waals surface area (Å²) in [5.41, 5.74) is -1.27. The summed E-state index contributed by atoms with van der Waals surface area (Å²) in [5, 5.41) is 2.44. The molecule has 1 aromatic carbocycles. The van der Waals surface area contributed by atoms with Crippen LogP contribution in [0.4, 0.5) is 9.59 Å². The number of carbonyl (C=O) groups excluding carboxylic acids is 4. The number of ether oxygens (including phenoxy) is 5. The van der Waals surface area contributed by atoms with Crippen LogP contribution in [0.2, 0.25) is 0 Å². The Balaban J connectivity index is 2.07. The van der Waals surface area contributed by atoms with Crippen molar-refractivity contribution in [2.75, 3.05) is 26.6 Å². The predicted molar refractivity (Wildman–Crippen MR) is 132 cm³/mol. The van der Waals surface area contributed by atoms with Crippen LogP contribution in [-0.2, 0) is 39.9 Å². The Bertz CT molecular complexity index is 939. The van der Waals surface area contributed by atoms with Gasteiger partial charge in [-0.15, -0.1) is 0 Å². The number of alkyl carbamates (subject to hydrolysis) is 1. The number of rotatable bonds is 13. The number of carbonyl (C=O) groups is 4. The second kappa shape index (κ2) is 13.6. The Morgan fingerprint density at radius 3 is 2.35 bits per heavy atom. The molecule has 0 heterocycles. The van der Waals surface area contributed by atoms with E-state index in [0.717, 1.165) is 10.5 Å². The van der Waals surface area contributed by atoms with E-state index in [-0.39, 0.29) is 26.4 Å². The van der Waals surface area contributed by atoms with E-state index in [2.05, 4.69) is 11.9 Å². The van der Waals surface area contributed by atoms with Crippen molar-refractivity contribution < 1.29 is 42.9 Å². The molecule has 0 aromatic heterocycles. The monoisotopic (exact) mass is 520 g/mol. The molecule has 37 heavy (non-hydrogen) atoms. The zero-order chi connectivity index (χ0) is 27.5. The molecule has 0 radical (unpaired) electrons. The molecule has 0 bridgehead atoms. The molecular weight excluding hydrogens is 484 g/mol. The minimum atomic E-state index is -1.24. The van der Waals surface area contributed by atoms with Crippen molar-refractivity contribution in [1.82, 2.24) is 10.2 Å². The highest BCUT2D eigenvalue weighted by Gasteiger charge is 2.58. The summed E-state index contributed by atoms with van der Waals surface area (Å²) in [5.74, 6) is -1.32. The molecule has 1 N–H and O–H groups in total. The van der Waals surface area contributed by atoms with Gasteiger partial charge >= 0.3 is 24.1 Å². The first-order chi connectivity index (χ1) is 17.5. The quantitative estimate of drug-likeness (QED) is 0.180. The fourth-order valence-electron chi connectivity index (χ4n) is 3.24. The van der Waals surface area contributed by atoms with Crippen molar-refractivity contribution in [3.8, 4) is 0 Å². The lowest BCUT2D eigenvalue weighted by Crippen LogP contribution is -2.51. The standard InChI is InChI=1S/C26H36N2O9/c1-6-15-35-24(32)28(26(13-14-26)22(30)34-7-2)18-33-17-20(21(29)37-25(3,4)5)27-23(31)36-16-19-11-9-8-10-12-19/h6,8-12,20H,1,7,13-18H2,2-5H3,(H,27,31)/t20-/m0/s1. The number of benzene rings is 1. The second-order valence-corrected chi connectivity index (χ2v) is 9.34. The number of hydrogen-bond donors (Lipinski definition) is 1. The molecule has 0 unspecified atom stereocenters. The van der Waals surface area contributed by atoms with Crippen LogP contribution in [0, 0.1) is 0 Å². The molecule has 204 valence electrons. The maximum absolute atomic E-state index is 12.8. The van der Waals surface area contributed by atoms with Crippen LogP contribution in [0.25, 0.3) is 0 Å². The lowest BCUT2D eigenvalue weighted by Gasteiger charge is -2.30. The van der Waals surface area contributed by atoms with Crippen molar-refractivity contribution in [3.63, 3.8) is 0 Å². The molecule has 11 nitrogen and oxygen atoms in total. The van der Waals surface area contributed by atoms with Gasteiger partial charge in [-0.05, 0) is 46.1 Å². The van der Waals surface area contributed by atoms with Gasteiger partial charge in [0.2, 0.25) is 0 Å². The molecule has 1 saturated carbocycles. The summed E-state index contributed by atoms with van der Waals surface area (Å²) in [6.07, 6.45) is 0.491. The number of amides is 2. The van der Waals surface area contributed by atoms with Crippen molar-refractivity contribution in [2.24, 2.45) is 0 Å². The molecule has 11 heteroatoms. The van der Waals surface area contributed by atoms with Crippen LogP contribution in [-0.4, -0.2) is 72.8 Å². The SMILES string of the molecule is C=CCOC(=O)N(COC[C@H](NC(=O)OCc1ccccc1)C(=O)OC(C)(C)C)C1(C(=O)OCC)CC1. The van der Waals surface area contributed by atoms with Gasteiger partial charge < -0.3 is 29.0 Å². The van der Waals surface area contributed by atoms with Gasteiger partial charge in [-0.1, -0.05) is 43.0 Å². The molecule has 1 aliphatic carbocycles. The maximum atomic E-state index is 12.8. The number of hydrogen-bond acceptors (Lipinski definition) is 9. The van der Waals surface area contributed by atoms with Crippen molar-refractivity contribution in [3.05, 3.63) is 48.6 Å². The van der Waals surface area contributed by atoms with Crippen LogP contribution < -0.4 is 5.32 Å². The van der Waals surface area contributed by atoms with E-state index >= 15 is 0 Å². The average molecular weight is 521 g/mol. The van der Waals surface area contributed by atoms with Gasteiger partial charge in [0.05, 0.1) is 13.2 Å². The Labute approximate surface area is 217 Å². The van der Waals surface area contributed by atoms with Gasteiger partial charge in [-0.25, -0.2) is 19.2 Å². The second-order valence-electron chi connectivity index (χ2n) is 9.34. The number of esters is 2. The minimum absolute atomic E-state index is 0.000445. The molecule has 2 amide bonds. The smallest absolute Gasteiger partial charge is 0.412 e. The third-order valence-electron chi connectivity index (χ3n) is 5.14. The minimum Gasteiger partial charge on any atom is -0.464 e. The van der Waals surface area contributed by atoms with E-state index in [1.807, 2.05) is 18.2 Å². The molecular formula is C26H36N2O9. The van der Waals surface area contributed by atoms with E-state index in [4.69, 9.17) is 23.7 Å². The van der Waals surface area contributed by atoms with Gasteiger partial charge in [0.25, 0.3) is 0 Å². The molecule has 2 rings (SSSR count). The molecule has 1 aliphatic rings. The summed E-state index contributed by atoms with van der Waals surface area (Å²) < 4.78 is 26.5. The van der Waals surface area contributed by atoms with E-state index in [9.17, 15) is 19.2 Å². The van der Waals surface area contributed by atoms with Gasteiger partial charge in [-0.2, -0.15) is 0 Å². The Morgan fingerprint density at radius 1 is 1.11 bits per heavy atom.